The quantitative estimate of drug-likeness (QED) is 0.423. The highest BCUT2D eigenvalue weighted by Crippen LogP contribution is 2.30. The van der Waals surface area contributed by atoms with E-state index in [0.29, 0.717) is 0 Å². The minimum Gasteiger partial charge on any atom is -0.508 e. The van der Waals surface area contributed by atoms with Gasteiger partial charge in [-0.15, -0.1) is 0 Å². The van der Waals surface area contributed by atoms with Gasteiger partial charge in [-0.25, -0.2) is 0 Å². The second-order valence-electron chi connectivity index (χ2n) is 3.57. The van der Waals surface area contributed by atoms with Crippen LogP contribution in [0.25, 0.3) is 0 Å². The lowest BCUT2D eigenvalue weighted by atomic mass is 10.0. The number of rotatable bonds is 5. The van der Waals surface area contributed by atoms with E-state index in [1.54, 1.807) is 7.05 Å². The Hall–Kier alpha value is -1.70. The van der Waals surface area contributed by atoms with Gasteiger partial charge < -0.3 is 20.6 Å². The Bertz CT molecular complexity index is 410. The van der Waals surface area contributed by atoms with Gasteiger partial charge in [0.25, 0.3) is 5.69 Å². The van der Waals surface area contributed by atoms with Crippen molar-refractivity contribution < 1.29 is 20.2 Å². The second kappa shape index (κ2) is 5.58. The van der Waals surface area contributed by atoms with Crippen LogP contribution in [0.15, 0.2) is 18.2 Å². The van der Waals surface area contributed by atoms with Gasteiger partial charge in [-0.3, -0.25) is 10.1 Å². The third kappa shape index (κ3) is 3.13. The van der Waals surface area contributed by atoms with Gasteiger partial charge >= 0.3 is 0 Å². The number of likely N-dealkylation sites (N-methyl/N-ethyl adjacent to an activating group) is 1. The first-order valence-corrected chi connectivity index (χ1v) is 4.95. The van der Waals surface area contributed by atoms with Crippen molar-refractivity contribution in [2.24, 2.45) is 0 Å². The zero-order valence-electron chi connectivity index (χ0n) is 9.20. The lowest BCUT2D eigenvalue weighted by molar-refractivity contribution is -0.386. The van der Waals surface area contributed by atoms with E-state index in [9.17, 15) is 20.3 Å². The molecule has 4 N–H and O–H groups in total. The minimum atomic E-state index is -1.39. The predicted molar refractivity (Wildman–Crippen MR) is 59.7 cm³/mol. The van der Waals surface area contributed by atoms with Crippen molar-refractivity contribution >= 4 is 5.69 Å². The zero-order chi connectivity index (χ0) is 13.0. The van der Waals surface area contributed by atoms with Crippen LogP contribution in [0.2, 0.25) is 0 Å². The fourth-order valence-corrected chi connectivity index (χ4v) is 1.47. The number of nitro groups is 1. The van der Waals surface area contributed by atoms with Crippen molar-refractivity contribution in [2.75, 3.05) is 13.6 Å². The Kier molecular flexibility index (Phi) is 4.38. The first kappa shape index (κ1) is 13.4. The van der Waals surface area contributed by atoms with Gasteiger partial charge in [0, 0.05) is 6.54 Å². The first-order chi connectivity index (χ1) is 7.97. The van der Waals surface area contributed by atoms with Gasteiger partial charge in [-0.1, -0.05) is 0 Å². The van der Waals surface area contributed by atoms with Crippen LogP contribution in [0.3, 0.4) is 0 Å². The average molecular weight is 242 g/mol. The molecule has 0 radical (unpaired) electrons. The summed E-state index contributed by atoms with van der Waals surface area (Å²) in [7, 11) is 1.58. The third-order valence-corrected chi connectivity index (χ3v) is 2.31. The number of nitrogens with one attached hydrogen (secondary N) is 1. The number of hydrogen-bond acceptors (Lipinski definition) is 6. The van der Waals surface area contributed by atoms with E-state index >= 15 is 0 Å². The molecule has 0 aliphatic rings. The number of aromatic hydroxyl groups is 1. The van der Waals surface area contributed by atoms with E-state index in [4.69, 9.17) is 5.11 Å². The lowest BCUT2D eigenvalue weighted by Crippen LogP contribution is -2.29. The van der Waals surface area contributed by atoms with E-state index < -0.39 is 22.8 Å². The molecule has 17 heavy (non-hydrogen) atoms. The van der Waals surface area contributed by atoms with E-state index in [-0.39, 0.29) is 17.9 Å². The fourth-order valence-electron chi connectivity index (χ4n) is 1.47. The van der Waals surface area contributed by atoms with Crippen LogP contribution in [-0.4, -0.2) is 39.9 Å². The Labute approximate surface area is 97.5 Å². The molecule has 94 valence electrons. The van der Waals surface area contributed by atoms with Crippen LogP contribution in [0.1, 0.15) is 11.7 Å². The summed E-state index contributed by atoms with van der Waals surface area (Å²) in [6.45, 7) is 0.0964. The number of aliphatic hydroxyl groups excluding tert-OH is 2. The maximum atomic E-state index is 10.7. The number of nitrogens with zero attached hydrogens (tertiary/aromatic N) is 1. The second-order valence-corrected chi connectivity index (χ2v) is 3.57. The smallest absolute Gasteiger partial charge is 0.278 e. The molecule has 0 aromatic heterocycles. The van der Waals surface area contributed by atoms with E-state index in [1.807, 2.05) is 0 Å². The van der Waals surface area contributed by atoms with Crippen molar-refractivity contribution in [3.63, 3.8) is 0 Å². The Morgan fingerprint density at radius 2 is 2.12 bits per heavy atom. The Balaban J connectivity index is 3.08. The fraction of sp³-hybridized carbons (Fsp3) is 0.400. The normalized spacial score (nSPS) is 14.3. The standard InChI is InChI=1S/C10H14N2O5/c1-11-5-9(14)10(15)7-3-2-6(13)4-8(7)12(16)17/h2-4,9-11,13-15H,5H2,1H3. The highest BCUT2D eigenvalue weighted by atomic mass is 16.6. The summed E-state index contributed by atoms with van der Waals surface area (Å²) in [5.41, 5.74) is -0.455. The highest BCUT2D eigenvalue weighted by molar-refractivity contribution is 5.47. The number of phenolic OH excluding ortho intramolecular Hbond substituents is 1. The summed E-state index contributed by atoms with van der Waals surface area (Å²) in [5, 5.41) is 41.9. The van der Waals surface area contributed by atoms with Gasteiger partial charge in [0.2, 0.25) is 0 Å². The molecule has 0 saturated carbocycles. The molecule has 7 heteroatoms. The van der Waals surface area contributed by atoms with Crippen LogP contribution >= 0.6 is 0 Å². The van der Waals surface area contributed by atoms with Crippen LogP contribution in [-0.2, 0) is 0 Å². The molecule has 0 amide bonds. The maximum absolute atomic E-state index is 10.7. The molecule has 1 rings (SSSR count). The van der Waals surface area contributed by atoms with Crippen LogP contribution in [0, 0.1) is 10.1 Å². The number of benzene rings is 1. The number of nitro benzene ring substituents is 1. The Morgan fingerprint density at radius 3 is 2.65 bits per heavy atom. The van der Waals surface area contributed by atoms with Gasteiger partial charge in [-0.2, -0.15) is 0 Å². The molecule has 2 atom stereocenters. The maximum Gasteiger partial charge on any atom is 0.278 e. The predicted octanol–water partition coefficient (Wildman–Crippen LogP) is -0.0859. The molecular formula is C10H14N2O5. The summed E-state index contributed by atoms with van der Waals surface area (Å²) < 4.78 is 0. The SMILES string of the molecule is CNCC(O)C(O)c1ccc(O)cc1[N+](=O)[O-]. The van der Waals surface area contributed by atoms with Gasteiger partial charge in [-0.05, 0) is 19.2 Å². The van der Waals surface area contributed by atoms with Crippen LogP contribution in [0.4, 0.5) is 5.69 Å². The van der Waals surface area contributed by atoms with Crippen molar-refractivity contribution in [2.45, 2.75) is 12.2 Å². The third-order valence-electron chi connectivity index (χ3n) is 2.31. The summed E-state index contributed by atoms with van der Waals surface area (Å²) in [6.07, 6.45) is -2.55. The van der Waals surface area contributed by atoms with Crippen LogP contribution in [0.5, 0.6) is 5.75 Å². The average Bonchev–Trinajstić information content (AvgIpc) is 2.28. The van der Waals surface area contributed by atoms with E-state index in [2.05, 4.69) is 5.32 Å². The number of hydrogen-bond donors (Lipinski definition) is 4. The number of phenols is 1. The summed E-state index contributed by atoms with van der Waals surface area (Å²) >= 11 is 0. The molecule has 7 nitrogen and oxygen atoms in total. The largest absolute Gasteiger partial charge is 0.508 e. The lowest BCUT2D eigenvalue weighted by Gasteiger charge is -2.17. The molecule has 1 aromatic rings. The van der Waals surface area contributed by atoms with Crippen LogP contribution < -0.4 is 5.32 Å². The number of aliphatic hydroxyl groups is 2. The molecular weight excluding hydrogens is 228 g/mol. The molecule has 0 bridgehead atoms. The van der Waals surface area contributed by atoms with E-state index in [0.717, 1.165) is 6.07 Å². The van der Waals surface area contributed by atoms with Crippen molar-refractivity contribution in [1.82, 2.24) is 5.32 Å². The van der Waals surface area contributed by atoms with Gasteiger partial charge in [0.05, 0.1) is 22.7 Å². The molecule has 1 aromatic carbocycles. The molecule has 0 heterocycles. The topological polar surface area (TPSA) is 116 Å². The van der Waals surface area contributed by atoms with Crippen molar-refractivity contribution in [1.29, 1.82) is 0 Å². The summed E-state index contributed by atoms with van der Waals surface area (Å²) in [6, 6.07) is 3.37. The Morgan fingerprint density at radius 1 is 1.47 bits per heavy atom. The summed E-state index contributed by atoms with van der Waals surface area (Å²) in [5.74, 6) is -0.268. The van der Waals surface area contributed by atoms with E-state index in [1.165, 1.54) is 12.1 Å². The van der Waals surface area contributed by atoms with Crippen molar-refractivity contribution in [3.05, 3.63) is 33.9 Å². The molecule has 0 spiro atoms. The molecule has 0 fully saturated rings. The molecule has 2 unspecified atom stereocenters. The highest BCUT2D eigenvalue weighted by Gasteiger charge is 2.26. The van der Waals surface area contributed by atoms with Gasteiger partial charge in [0.1, 0.15) is 11.9 Å². The zero-order valence-corrected chi connectivity index (χ0v) is 9.20. The monoisotopic (exact) mass is 242 g/mol. The summed E-state index contributed by atoms with van der Waals surface area (Å²) in [4.78, 5) is 10.0. The molecule has 0 aliphatic carbocycles. The van der Waals surface area contributed by atoms with Crippen molar-refractivity contribution in [3.8, 4) is 5.75 Å². The van der Waals surface area contributed by atoms with Gasteiger partial charge in [0.15, 0.2) is 0 Å². The first-order valence-electron chi connectivity index (χ1n) is 4.95. The minimum absolute atomic E-state index is 0.0319. The molecule has 0 aliphatic heterocycles. The molecule has 0 saturated heterocycles.